The van der Waals surface area contributed by atoms with Crippen LogP contribution in [-0.4, -0.2) is 31.0 Å². The van der Waals surface area contributed by atoms with Crippen molar-refractivity contribution in [3.05, 3.63) is 58.6 Å². The van der Waals surface area contributed by atoms with Gasteiger partial charge in [0.05, 0.1) is 5.75 Å². The maximum Gasteiger partial charge on any atom is 0.234 e. The minimum Gasteiger partial charge on any atom is -0.354 e. The first-order chi connectivity index (χ1) is 12.4. The number of amides is 1. The zero-order valence-corrected chi connectivity index (χ0v) is 16.4. The molecule has 1 amide bonds. The van der Waals surface area contributed by atoms with Crippen molar-refractivity contribution in [1.29, 1.82) is 0 Å². The molecule has 0 unspecified atom stereocenters. The lowest BCUT2D eigenvalue weighted by Gasteiger charge is -2.07. The highest BCUT2D eigenvalue weighted by Crippen LogP contribution is 2.21. The van der Waals surface area contributed by atoms with Gasteiger partial charge in [0.15, 0.2) is 5.16 Å². The number of carbonyl (C=O) groups is 1. The minimum absolute atomic E-state index is 0.109. The average Bonchev–Trinajstić information content (AvgIpc) is 3.16. The number of carbonyl (C=O) groups excluding carboxylic acids is 1. The van der Waals surface area contributed by atoms with E-state index in [0.29, 0.717) is 22.3 Å². The molecule has 0 aliphatic rings. The van der Waals surface area contributed by atoms with Crippen LogP contribution in [0.15, 0.2) is 41.7 Å². The minimum atomic E-state index is -0.109. The quantitative estimate of drug-likeness (QED) is 0.656. The number of rotatable bonds is 6. The number of hydrogen-bond donors (Lipinski definition) is 1. The predicted octanol–water partition coefficient (Wildman–Crippen LogP) is 3.44. The van der Waals surface area contributed by atoms with Crippen molar-refractivity contribution in [3.8, 4) is 0 Å². The van der Waals surface area contributed by atoms with E-state index < -0.39 is 0 Å². The molecule has 8 heteroatoms. The summed E-state index contributed by atoms with van der Waals surface area (Å²) < 4.78 is 3.98. The summed E-state index contributed by atoms with van der Waals surface area (Å²) in [5, 5.41) is 12.6. The molecule has 0 aliphatic heterocycles. The average molecular weight is 390 g/mol. The number of aryl methyl sites for hydroxylation is 2. The molecule has 3 aromatic rings. The molecule has 0 radical (unpaired) electrons. The van der Waals surface area contributed by atoms with Gasteiger partial charge in [-0.3, -0.25) is 4.79 Å². The molecule has 0 spiro atoms. The van der Waals surface area contributed by atoms with Gasteiger partial charge in [-0.1, -0.05) is 29.4 Å². The van der Waals surface area contributed by atoms with Gasteiger partial charge >= 0.3 is 0 Å². The maximum atomic E-state index is 12.2. The van der Waals surface area contributed by atoms with Crippen LogP contribution in [0, 0.1) is 6.92 Å². The number of aromatic nitrogens is 4. The first-order valence-corrected chi connectivity index (χ1v) is 9.47. The van der Waals surface area contributed by atoms with Crippen LogP contribution < -0.4 is 5.32 Å². The number of anilines is 1. The van der Waals surface area contributed by atoms with Gasteiger partial charge in [0.25, 0.3) is 0 Å². The Hall–Kier alpha value is -2.25. The number of halogens is 1. The van der Waals surface area contributed by atoms with Crippen LogP contribution in [0.5, 0.6) is 0 Å². The van der Waals surface area contributed by atoms with Crippen molar-refractivity contribution in [2.75, 3.05) is 11.1 Å². The molecule has 0 fully saturated rings. The highest BCUT2D eigenvalue weighted by Gasteiger charge is 2.13. The molecule has 1 aromatic carbocycles. The van der Waals surface area contributed by atoms with Crippen LogP contribution in [0.25, 0.3) is 0 Å². The summed E-state index contributed by atoms with van der Waals surface area (Å²) in [5.41, 5.74) is 2.82. The third-order valence-electron chi connectivity index (χ3n) is 4.10. The molecule has 1 N–H and O–H groups in total. The van der Waals surface area contributed by atoms with Crippen molar-refractivity contribution in [2.45, 2.75) is 18.5 Å². The van der Waals surface area contributed by atoms with E-state index in [0.717, 1.165) is 17.1 Å². The molecule has 26 heavy (non-hydrogen) atoms. The fourth-order valence-corrected chi connectivity index (χ4v) is 3.38. The van der Waals surface area contributed by atoms with Gasteiger partial charge < -0.3 is 14.5 Å². The smallest absolute Gasteiger partial charge is 0.234 e. The summed E-state index contributed by atoms with van der Waals surface area (Å²) in [6.07, 6.45) is 2.70. The van der Waals surface area contributed by atoms with Crippen molar-refractivity contribution in [2.24, 2.45) is 14.1 Å². The molecule has 0 bridgehead atoms. The van der Waals surface area contributed by atoms with Crippen LogP contribution in [0.2, 0.25) is 5.02 Å². The Morgan fingerprint density at radius 1 is 1.27 bits per heavy atom. The monoisotopic (exact) mass is 389 g/mol. The third-order valence-corrected chi connectivity index (χ3v) is 5.53. The summed E-state index contributed by atoms with van der Waals surface area (Å²) >= 11 is 7.44. The topological polar surface area (TPSA) is 64.7 Å². The third kappa shape index (κ3) is 4.28. The van der Waals surface area contributed by atoms with Gasteiger partial charge in [-0.05, 0) is 36.8 Å². The zero-order chi connectivity index (χ0) is 18.7. The lowest BCUT2D eigenvalue weighted by molar-refractivity contribution is -0.113. The largest absolute Gasteiger partial charge is 0.354 e. The van der Waals surface area contributed by atoms with E-state index in [-0.39, 0.29) is 11.7 Å². The molecular weight excluding hydrogens is 370 g/mol. The second-order valence-corrected chi connectivity index (χ2v) is 7.40. The van der Waals surface area contributed by atoms with E-state index in [1.54, 1.807) is 6.07 Å². The summed E-state index contributed by atoms with van der Waals surface area (Å²) in [6, 6.07) is 9.53. The van der Waals surface area contributed by atoms with Crippen LogP contribution >= 0.6 is 23.4 Å². The molecule has 3 rings (SSSR count). The second-order valence-electron chi connectivity index (χ2n) is 6.05. The Labute approximate surface area is 161 Å². The van der Waals surface area contributed by atoms with Gasteiger partial charge in [0.1, 0.15) is 5.82 Å². The van der Waals surface area contributed by atoms with E-state index >= 15 is 0 Å². The fraction of sp³-hybridized carbons (Fsp3) is 0.278. The highest BCUT2D eigenvalue weighted by molar-refractivity contribution is 7.99. The zero-order valence-electron chi connectivity index (χ0n) is 14.9. The summed E-state index contributed by atoms with van der Waals surface area (Å²) in [4.78, 5) is 12.2. The molecule has 6 nitrogen and oxygen atoms in total. The Bertz CT molecular complexity index is 934. The molecule has 136 valence electrons. The van der Waals surface area contributed by atoms with Crippen LogP contribution in [0.1, 0.15) is 17.1 Å². The molecular formula is C18H20ClN5OS. The van der Waals surface area contributed by atoms with Crippen molar-refractivity contribution >= 4 is 35.0 Å². The first-order valence-electron chi connectivity index (χ1n) is 8.11. The Morgan fingerprint density at radius 3 is 2.77 bits per heavy atom. The van der Waals surface area contributed by atoms with Crippen LogP contribution in [-0.2, 0) is 25.3 Å². The number of hydrogen-bond acceptors (Lipinski definition) is 4. The van der Waals surface area contributed by atoms with Crippen molar-refractivity contribution in [1.82, 2.24) is 19.3 Å². The van der Waals surface area contributed by atoms with Crippen molar-refractivity contribution in [3.63, 3.8) is 0 Å². The maximum absolute atomic E-state index is 12.2. The highest BCUT2D eigenvalue weighted by atomic mass is 35.5. The van der Waals surface area contributed by atoms with Gasteiger partial charge in [-0.25, -0.2) is 0 Å². The van der Waals surface area contributed by atoms with Crippen molar-refractivity contribution < 1.29 is 4.79 Å². The molecule has 2 aromatic heterocycles. The lowest BCUT2D eigenvalue weighted by Crippen LogP contribution is -2.14. The molecule has 0 atom stereocenters. The van der Waals surface area contributed by atoms with Crippen LogP contribution in [0.4, 0.5) is 5.69 Å². The lowest BCUT2D eigenvalue weighted by atomic mass is 10.2. The van der Waals surface area contributed by atoms with E-state index in [4.69, 9.17) is 11.6 Å². The number of nitrogens with zero attached hydrogens (tertiary/aromatic N) is 4. The molecule has 2 heterocycles. The first kappa shape index (κ1) is 18.5. The van der Waals surface area contributed by atoms with Gasteiger partial charge in [0.2, 0.25) is 5.91 Å². The Kier molecular flexibility index (Phi) is 5.68. The standard InChI is InChI=1S/C18H20ClN5OS/c1-12-6-7-13(9-15(12)19)20-17(25)11-26-18-22-21-16(24(18)3)10-14-5-4-8-23(14)2/h4-9H,10-11H2,1-3H3,(H,20,25). The van der Waals surface area contributed by atoms with Gasteiger partial charge in [-0.15, -0.1) is 10.2 Å². The summed E-state index contributed by atoms with van der Waals surface area (Å²) in [5.74, 6) is 1.00. The number of benzene rings is 1. The number of nitrogens with one attached hydrogen (secondary N) is 1. The SMILES string of the molecule is Cc1ccc(NC(=O)CSc2nnc(Cc3cccn3C)n2C)cc1Cl. The van der Waals surface area contributed by atoms with E-state index in [1.807, 2.05) is 50.0 Å². The second kappa shape index (κ2) is 7.97. The predicted molar refractivity (Wildman–Crippen MR) is 105 cm³/mol. The summed E-state index contributed by atoms with van der Waals surface area (Å²) in [6.45, 7) is 1.92. The fourth-order valence-electron chi connectivity index (χ4n) is 2.46. The normalized spacial score (nSPS) is 10.9. The molecule has 0 saturated heterocycles. The molecule has 0 saturated carbocycles. The number of thioether (sulfide) groups is 1. The summed E-state index contributed by atoms with van der Waals surface area (Å²) in [7, 11) is 3.92. The van der Waals surface area contributed by atoms with E-state index in [1.165, 1.54) is 11.8 Å². The molecule has 0 aliphatic carbocycles. The Balaban J connectivity index is 1.58. The Morgan fingerprint density at radius 2 is 2.08 bits per heavy atom. The van der Waals surface area contributed by atoms with Gasteiger partial charge in [-0.2, -0.15) is 0 Å². The van der Waals surface area contributed by atoms with E-state index in [9.17, 15) is 4.79 Å². The van der Waals surface area contributed by atoms with Gasteiger partial charge in [0, 0.05) is 43.1 Å². The van der Waals surface area contributed by atoms with Crippen LogP contribution in [0.3, 0.4) is 0 Å². The van der Waals surface area contributed by atoms with E-state index in [2.05, 4.69) is 26.1 Å².